The molecule has 0 aliphatic carbocycles. The highest BCUT2D eigenvalue weighted by atomic mass is 16.5. The van der Waals surface area contributed by atoms with Gasteiger partial charge in [-0.05, 0) is 42.8 Å². The number of imide groups is 1. The van der Waals surface area contributed by atoms with E-state index >= 15 is 0 Å². The van der Waals surface area contributed by atoms with Crippen molar-refractivity contribution in [3.8, 4) is 17.4 Å². The molecule has 1 aromatic heterocycles. The van der Waals surface area contributed by atoms with Crippen LogP contribution in [0.15, 0.2) is 70.2 Å². The molecule has 0 N–H and O–H groups in total. The van der Waals surface area contributed by atoms with Crippen molar-refractivity contribution in [2.45, 2.75) is 6.92 Å². The maximum atomic E-state index is 12.8. The zero-order chi connectivity index (χ0) is 21.8. The summed E-state index contributed by atoms with van der Waals surface area (Å²) < 4.78 is 10.5. The Morgan fingerprint density at radius 3 is 2.50 bits per heavy atom. The van der Waals surface area contributed by atoms with Crippen molar-refractivity contribution in [1.82, 2.24) is 4.90 Å². The zero-order valence-corrected chi connectivity index (χ0v) is 16.5. The van der Waals surface area contributed by atoms with E-state index in [1.54, 1.807) is 43.3 Å². The van der Waals surface area contributed by atoms with Gasteiger partial charge < -0.3 is 9.15 Å². The number of hydrogen-bond acceptors (Lipinski definition) is 6. The molecular formula is C23H18N2O5. The molecule has 7 heteroatoms. The molecule has 0 fully saturated rings. The van der Waals surface area contributed by atoms with Crippen LogP contribution >= 0.6 is 0 Å². The summed E-state index contributed by atoms with van der Waals surface area (Å²) in [4.78, 5) is 37.6. The van der Waals surface area contributed by atoms with Gasteiger partial charge in [0.2, 0.25) is 0 Å². The van der Waals surface area contributed by atoms with E-state index in [-0.39, 0.29) is 17.7 Å². The first-order valence-corrected chi connectivity index (χ1v) is 9.00. The fourth-order valence-electron chi connectivity index (χ4n) is 3.04. The minimum atomic E-state index is -0.636. The van der Waals surface area contributed by atoms with Crippen LogP contribution in [0.5, 0.6) is 0 Å². The second-order valence-corrected chi connectivity index (χ2v) is 6.45. The van der Waals surface area contributed by atoms with Crippen molar-refractivity contribution >= 4 is 23.9 Å². The quantitative estimate of drug-likeness (QED) is 0.328. The molecule has 1 aliphatic rings. The third-order valence-electron chi connectivity index (χ3n) is 4.64. The summed E-state index contributed by atoms with van der Waals surface area (Å²) in [6, 6.07) is 12.0. The lowest BCUT2D eigenvalue weighted by Gasteiger charge is -2.26. The van der Waals surface area contributed by atoms with Crippen LogP contribution in [0.3, 0.4) is 0 Å². The number of hydrogen-bond donors (Lipinski definition) is 0. The van der Waals surface area contributed by atoms with Gasteiger partial charge in [-0.1, -0.05) is 18.2 Å². The van der Waals surface area contributed by atoms with Gasteiger partial charge in [0.1, 0.15) is 23.2 Å². The molecule has 0 atom stereocenters. The number of benzene rings is 1. The average Bonchev–Trinajstić information content (AvgIpc) is 3.23. The summed E-state index contributed by atoms with van der Waals surface area (Å²) in [6.07, 6.45) is 2.93. The van der Waals surface area contributed by atoms with Crippen LogP contribution in [0.1, 0.15) is 23.0 Å². The molecule has 0 saturated heterocycles. The minimum absolute atomic E-state index is 0.00339. The summed E-state index contributed by atoms with van der Waals surface area (Å²) in [6.45, 7) is 5.11. The molecule has 150 valence electrons. The lowest BCUT2D eigenvalue weighted by atomic mass is 9.94. The standard InChI is InChI=1S/C23H18N2O5/c1-4-11-25-21(26)18(14(2)19(13-24)22(25)27)12-17-9-10-20(30-17)15-5-7-16(8-6-15)23(28)29-3/h4-10,12H,1,11H2,2-3H3. The van der Waals surface area contributed by atoms with E-state index in [0.717, 1.165) is 10.5 Å². The summed E-state index contributed by atoms with van der Waals surface area (Å²) in [7, 11) is 1.31. The Kier molecular flexibility index (Phi) is 5.79. The maximum absolute atomic E-state index is 12.8. The molecule has 30 heavy (non-hydrogen) atoms. The van der Waals surface area contributed by atoms with Gasteiger partial charge in [0.05, 0.1) is 12.7 Å². The summed E-state index contributed by atoms with van der Waals surface area (Å²) in [5.74, 6) is -0.673. The summed E-state index contributed by atoms with van der Waals surface area (Å²) >= 11 is 0. The van der Waals surface area contributed by atoms with Gasteiger partial charge in [-0.2, -0.15) is 5.26 Å². The third-order valence-corrected chi connectivity index (χ3v) is 4.64. The van der Waals surface area contributed by atoms with Crippen molar-refractivity contribution in [2.75, 3.05) is 13.7 Å². The Labute approximate surface area is 173 Å². The van der Waals surface area contributed by atoms with Gasteiger partial charge in [-0.3, -0.25) is 14.5 Å². The van der Waals surface area contributed by atoms with Gasteiger partial charge >= 0.3 is 5.97 Å². The number of amides is 2. The Balaban J connectivity index is 1.96. The molecule has 1 aromatic carbocycles. The Bertz CT molecular complexity index is 1140. The molecule has 2 aromatic rings. The number of esters is 1. The van der Waals surface area contributed by atoms with Crippen LogP contribution in [0.25, 0.3) is 17.4 Å². The van der Waals surface area contributed by atoms with Crippen LogP contribution in [-0.2, 0) is 14.3 Å². The molecule has 7 nitrogen and oxygen atoms in total. The number of carbonyl (C=O) groups excluding carboxylic acids is 3. The van der Waals surface area contributed by atoms with Gasteiger partial charge in [-0.15, -0.1) is 6.58 Å². The van der Waals surface area contributed by atoms with E-state index in [1.807, 2.05) is 6.07 Å². The van der Waals surface area contributed by atoms with Crippen molar-refractivity contribution < 1.29 is 23.5 Å². The molecule has 0 radical (unpaired) electrons. The maximum Gasteiger partial charge on any atom is 0.337 e. The minimum Gasteiger partial charge on any atom is -0.465 e. The number of ether oxygens (including phenoxy) is 1. The summed E-state index contributed by atoms with van der Waals surface area (Å²) in [5.41, 5.74) is 1.56. The Morgan fingerprint density at radius 2 is 1.90 bits per heavy atom. The smallest absolute Gasteiger partial charge is 0.337 e. The molecule has 2 heterocycles. The normalized spacial score (nSPS) is 15.4. The lowest BCUT2D eigenvalue weighted by Crippen LogP contribution is -2.42. The summed E-state index contributed by atoms with van der Waals surface area (Å²) in [5, 5.41) is 9.34. The van der Waals surface area contributed by atoms with Crippen molar-refractivity contribution in [3.05, 3.63) is 77.1 Å². The molecule has 1 aliphatic heterocycles. The van der Waals surface area contributed by atoms with Crippen molar-refractivity contribution in [2.24, 2.45) is 0 Å². The molecule has 0 spiro atoms. The van der Waals surface area contributed by atoms with Gasteiger partial charge in [0.15, 0.2) is 0 Å². The highest BCUT2D eigenvalue weighted by molar-refractivity contribution is 6.19. The van der Waals surface area contributed by atoms with Crippen LogP contribution in [0.2, 0.25) is 0 Å². The number of rotatable bonds is 5. The zero-order valence-electron chi connectivity index (χ0n) is 16.5. The number of methoxy groups -OCH3 is 1. The van der Waals surface area contributed by atoms with Gasteiger partial charge in [0, 0.05) is 17.7 Å². The molecule has 0 saturated carbocycles. The predicted molar refractivity (Wildman–Crippen MR) is 109 cm³/mol. The van der Waals surface area contributed by atoms with E-state index in [9.17, 15) is 19.6 Å². The molecular weight excluding hydrogens is 384 g/mol. The van der Waals surface area contributed by atoms with Crippen LogP contribution in [0, 0.1) is 11.3 Å². The van der Waals surface area contributed by atoms with Crippen LogP contribution in [0.4, 0.5) is 0 Å². The Morgan fingerprint density at radius 1 is 1.20 bits per heavy atom. The first-order chi connectivity index (χ1) is 14.4. The van der Waals surface area contributed by atoms with E-state index in [4.69, 9.17) is 4.42 Å². The highest BCUT2D eigenvalue weighted by Gasteiger charge is 2.34. The monoisotopic (exact) mass is 402 g/mol. The average molecular weight is 402 g/mol. The molecule has 2 amide bonds. The predicted octanol–water partition coefficient (Wildman–Crippen LogP) is 3.51. The number of carbonyl (C=O) groups is 3. The topological polar surface area (TPSA) is 101 Å². The largest absolute Gasteiger partial charge is 0.465 e. The van der Waals surface area contributed by atoms with Gasteiger partial charge in [-0.25, -0.2) is 4.79 Å². The lowest BCUT2D eigenvalue weighted by molar-refractivity contribution is -0.139. The number of nitriles is 1. The highest BCUT2D eigenvalue weighted by Crippen LogP contribution is 2.29. The number of furan rings is 1. The van der Waals surface area contributed by atoms with E-state index in [2.05, 4.69) is 11.3 Å². The molecule has 3 rings (SSSR count). The van der Waals surface area contributed by atoms with E-state index in [1.165, 1.54) is 19.3 Å². The number of nitrogens with zero attached hydrogens (tertiary/aromatic N) is 2. The second kappa shape index (κ2) is 8.45. The molecule has 0 bridgehead atoms. The van der Waals surface area contributed by atoms with Gasteiger partial charge in [0.25, 0.3) is 11.8 Å². The second-order valence-electron chi connectivity index (χ2n) is 6.45. The fourth-order valence-corrected chi connectivity index (χ4v) is 3.04. The van der Waals surface area contributed by atoms with Crippen molar-refractivity contribution in [3.63, 3.8) is 0 Å². The first-order valence-electron chi connectivity index (χ1n) is 9.00. The Hall–Kier alpha value is -4.18. The van der Waals surface area contributed by atoms with Crippen LogP contribution < -0.4 is 0 Å². The first kappa shape index (κ1) is 20.6. The van der Waals surface area contributed by atoms with E-state index in [0.29, 0.717) is 22.7 Å². The van der Waals surface area contributed by atoms with Crippen LogP contribution in [-0.4, -0.2) is 36.3 Å². The van der Waals surface area contributed by atoms with E-state index < -0.39 is 17.8 Å². The molecule has 0 unspecified atom stereocenters. The SMILES string of the molecule is C=CCN1C(=O)C(=Cc2ccc(-c3ccc(C(=O)OC)cc3)o2)C(C)=C(C#N)C1=O. The fraction of sp³-hybridized carbons (Fsp3) is 0.130. The third kappa shape index (κ3) is 3.71. The van der Waals surface area contributed by atoms with Crippen molar-refractivity contribution in [1.29, 1.82) is 5.26 Å².